The number of furan rings is 1. The highest BCUT2D eigenvalue weighted by atomic mass is 16.3. The van der Waals surface area contributed by atoms with Crippen molar-refractivity contribution in [2.24, 2.45) is 0 Å². The summed E-state index contributed by atoms with van der Waals surface area (Å²) in [6, 6.07) is 9.58. The van der Waals surface area contributed by atoms with Crippen molar-refractivity contribution in [1.29, 1.82) is 0 Å². The van der Waals surface area contributed by atoms with Crippen molar-refractivity contribution in [2.75, 3.05) is 19.6 Å². The maximum absolute atomic E-state index is 12.3. The molecule has 5 nitrogen and oxygen atoms in total. The summed E-state index contributed by atoms with van der Waals surface area (Å²) in [6.45, 7) is 6.56. The molecule has 2 aromatic rings. The summed E-state index contributed by atoms with van der Waals surface area (Å²) in [7, 11) is 0. The number of nitrogens with one attached hydrogen (secondary N) is 1. The highest BCUT2D eigenvalue weighted by Gasteiger charge is 2.25. The standard InChI is InChI=1S/C22H28N2O3/c1-16-7-8-18(14-17(16)2)20(25)9-10-22(26)23-15-19(21-6-5-13-27-21)24-11-3-4-12-24/h5-8,13-14,19H,3-4,9-12,15H2,1-2H3,(H,23,26). The predicted octanol–water partition coefficient (Wildman–Crippen LogP) is 3.81. The molecule has 1 aromatic carbocycles. The molecule has 1 aliphatic rings. The fraction of sp³-hybridized carbons (Fsp3) is 0.455. The number of carbonyl (C=O) groups is 2. The molecule has 1 fully saturated rings. The van der Waals surface area contributed by atoms with Crippen LogP contribution in [0.15, 0.2) is 41.0 Å². The van der Waals surface area contributed by atoms with Crippen molar-refractivity contribution in [3.05, 3.63) is 59.0 Å². The van der Waals surface area contributed by atoms with Crippen molar-refractivity contribution in [1.82, 2.24) is 10.2 Å². The Balaban J connectivity index is 1.50. The van der Waals surface area contributed by atoms with Crippen LogP contribution in [0.1, 0.15) is 59.0 Å². The van der Waals surface area contributed by atoms with Gasteiger partial charge < -0.3 is 9.73 Å². The quantitative estimate of drug-likeness (QED) is 0.720. The number of aryl methyl sites for hydroxylation is 2. The number of nitrogens with zero attached hydrogens (tertiary/aromatic N) is 1. The first-order valence-corrected chi connectivity index (χ1v) is 9.69. The first kappa shape index (κ1) is 19.4. The number of amides is 1. The third kappa shape index (κ3) is 5.07. The number of hydrogen-bond donors (Lipinski definition) is 1. The lowest BCUT2D eigenvalue weighted by molar-refractivity contribution is -0.121. The zero-order valence-electron chi connectivity index (χ0n) is 16.2. The van der Waals surface area contributed by atoms with Crippen LogP contribution in [0, 0.1) is 13.8 Å². The lowest BCUT2D eigenvalue weighted by Crippen LogP contribution is -2.36. The van der Waals surface area contributed by atoms with Crippen molar-refractivity contribution < 1.29 is 14.0 Å². The van der Waals surface area contributed by atoms with Gasteiger partial charge in [-0.3, -0.25) is 14.5 Å². The number of likely N-dealkylation sites (tertiary alicyclic amines) is 1. The van der Waals surface area contributed by atoms with Gasteiger partial charge in [0.2, 0.25) is 5.91 Å². The zero-order valence-corrected chi connectivity index (χ0v) is 16.2. The van der Waals surface area contributed by atoms with E-state index in [1.54, 1.807) is 6.26 Å². The van der Waals surface area contributed by atoms with Gasteiger partial charge in [-0.05, 0) is 69.1 Å². The predicted molar refractivity (Wildman–Crippen MR) is 105 cm³/mol. The fourth-order valence-electron chi connectivity index (χ4n) is 3.53. The van der Waals surface area contributed by atoms with E-state index in [9.17, 15) is 9.59 Å². The number of Topliss-reactive ketones (excluding diaryl/α,β-unsaturated/α-hetero) is 1. The Hall–Kier alpha value is -2.40. The number of ketones is 1. The summed E-state index contributed by atoms with van der Waals surface area (Å²) in [5, 5.41) is 2.98. The second kappa shape index (κ2) is 9.00. The Labute approximate surface area is 160 Å². The van der Waals surface area contributed by atoms with E-state index < -0.39 is 0 Å². The van der Waals surface area contributed by atoms with Crippen LogP contribution in [0.25, 0.3) is 0 Å². The summed E-state index contributed by atoms with van der Waals surface area (Å²) in [5.41, 5.74) is 2.93. The van der Waals surface area contributed by atoms with Gasteiger partial charge in [0.1, 0.15) is 5.76 Å². The molecule has 1 amide bonds. The Kier molecular flexibility index (Phi) is 6.45. The zero-order chi connectivity index (χ0) is 19.2. The van der Waals surface area contributed by atoms with Gasteiger partial charge in [-0.15, -0.1) is 0 Å². The molecule has 5 heteroatoms. The average Bonchev–Trinajstić information content (AvgIpc) is 3.36. The molecule has 0 bridgehead atoms. The minimum Gasteiger partial charge on any atom is -0.468 e. The summed E-state index contributed by atoms with van der Waals surface area (Å²) in [4.78, 5) is 27.0. The molecule has 1 saturated heterocycles. The van der Waals surface area contributed by atoms with E-state index >= 15 is 0 Å². The summed E-state index contributed by atoms with van der Waals surface area (Å²) in [5.74, 6) is 0.793. The Bertz CT molecular complexity index is 777. The van der Waals surface area contributed by atoms with E-state index in [1.807, 2.05) is 44.2 Å². The summed E-state index contributed by atoms with van der Waals surface area (Å²) < 4.78 is 5.57. The van der Waals surface area contributed by atoms with Gasteiger partial charge in [0.15, 0.2) is 5.78 Å². The van der Waals surface area contributed by atoms with Crippen molar-refractivity contribution in [2.45, 2.75) is 45.6 Å². The minimum atomic E-state index is -0.0945. The van der Waals surface area contributed by atoms with E-state index in [2.05, 4.69) is 10.2 Å². The fourth-order valence-corrected chi connectivity index (χ4v) is 3.53. The normalized spacial score (nSPS) is 15.6. The molecule has 0 aliphatic carbocycles. The Morgan fingerprint density at radius 3 is 2.56 bits per heavy atom. The SMILES string of the molecule is Cc1ccc(C(=O)CCC(=O)NCC(c2ccco2)N2CCCC2)cc1C. The second-order valence-corrected chi connectivity index (χ2v) is 7.30. The lowest BCUT2D eigenvalue weighted by Gasteiger charge is -2.26. The van der Waals surface area contributed by atoms with Gasteiger partial charge >= 0.3 is 0 Å². The molecular formula is C22H28N2O3. The van der Waals surface area contributed by atoms with Crippen molar-refractivity contribution in [3.63, 3.8) is 0 Å². The molecule has 3 rings (SSSR count). The third-order valence-electron chi connectivity index (χ3n) is 5.35. The van der Waals surface area contributed by atoms with Gasteiger partial charge in [0.25, 0.3) is 0 Å². The first-order chi connectivity index (χ1) is 13.0. The molecule has 2 heterocycles. The molecule has 27 heavy (non-hydrogen) atoms. The van der Waals surface area contributed by atoms with E-state index in [0.29, 0.717) is 12.1 Å². The van der Waals surface area contributed by atoms with Crippen LogP contribution in [-0.2, 0) is 4.79 Å². The van der Waals surface area contributed by atoms with Crippen LogP contribution in [-0.4, -0.2) is 36.2 Å². The van der Waals surface area contributed by atoms with Crippen LogP contribution in [0.5, 0.6) is 0 Å². The van der Waals surface area contributed by atoms with Gasteiger partial charge in [-0.2, -0.15) is 0 Å². The number of rotatable bonds is 8. The lowest BCUT2D eigenvalue weighted by atomic mass is 10.0. The van der Waals surface area contributed by atoms with E-state index in [-0.39, 0.29) is 30.6 Å². The van der Waals surface area contributed by atoms with Gasteiger partial charge in [0.05, 0.1) is 12.3 Å². The molecule has 144 valence electrons. The molecule has 1 unspecified atom stereocenters. The van der Waals surface area contributed by atoms with Crippen LogP contribution in [0.4, 0.5) is 0 Å². The smallest absolute Gasteiger partial charge is 0.220 e. The molecule has 1 aliphatic heterocycles. The van der Waals surface area contributed by atoms with Gasteiger partial charge in [0, 0.05) is 24.9 Å². The molecule has 0 spiro atoms. The van der Waals surface area contributed by atoms with E-state index in [0.717, 1.165) is 30.0 Å². The Morgan fingerprint density at radius 2 is 1.89 bits per heavy atom. The molecule has 1 atom stereocenters. The minimum absolute atomic E-state index is 0.00961. The van der Waals surface area contributed by atoms with Crippen LogP contribution in [0.2, 0.25) is 0 Å². The van der Waals surface area contributed by atoms with Crippen LogP contribution < -0.4 is 5.32 Å². The maximum atomic E-state index is 12.3. The first-order valence-electron chi connectivity index (χ1n) is 9.69. The van der Waals surface area contributed by atoms with E-state index in [1.165, 1.54) is 12.8 Å². The van der Waals surface area contributed by atoms with Crippen LogP contribution >= 0.6 is 0 Å². The highest BCUT2D eigenvalue weighted by molar-refractivity contribution is 5.98. The monoisotopic (exact) mass is 368 g/mol. The summed E-state index contributed by atoms with van der Waals surface area (Å²) in [6.07, 6.45) is 4.45. The molecule has 0 radical (unpaired) electrons. The second-order valence-electron chi connectivity index (χ2n) is 7.30. The molecule has 0 saturated carbocycles. The maximum Gasteiger partial charge on any atom is 0.220 e. The number of benzene rings is 1. The van der Waals surface area contributed by atoms with Crippen LogP contribution in [0.3, 0.4) is 0 Å². The molecule has 1 aromatic heterocycles. The van der Waals surface area contributed by atoms with Crippen molar-refractivity contribution in [3.8, 4) is 0 Å². The largest absolute Gasteiger partial charge is 0.468 e. The van der Waals surface area contributed by atoms with E-state index in [4.69, 9.17) is 4.42 Å². The number of carbonyl (C=O) groups excluding carboxylic acids is 2. The topological polar surface area (TPSA) is 62.6 Å². The highest BCUT2D eigenvalue weighted by Crippen LogP contribution is 2.25. The molecule has 1 N–H and O–H groups in total. The number of hydrogen-bond acceptors (Lipinski definition) is 4. The third-order valence-corrected chi connectivity index (χ3v) is 5.35. The molecular weight excluding hydrogens is 340 g/mol. The Morgan fingerprint density at radius 1 is 1.11 bits per heavy atom. The van der Waals surface area contributed by atoms with Gasteiger partial charge in [-0.25, -0.2) is 0 Å². The van der Waals surface area contributed by atoms with Gasteiger partial charge in [-0.1, -0.05) is 12.1 Å². The van der Waals surface area contributed by atoms with Crippen molar-refractivity contribution >= 4 is 11.7 Å². The average molecular weight is 368 g/mol. The summed E-state index contributed by atoms with van der Waals surface area (Å²) >= 11 is 0.